The van der Waals surface area contributed by atoms with Crippen molar-refractivity contribution in [1.82, 2.24) is 19.6 Å². The Morgan fingerprint density at radius 1 is 1.19 bits per heavy atom. The number of fused-ring (bicyclic) bond motifs is 1. The Morgan fingerprint density at radius 3 is 2.81 bits per heavy atom. The zero-order valence-corrected chi connectivity index (χ0v) is 15.1. The van der Waals surface area contributed by atoms with Crippen molar-refractivity contribution in [3.05, 3.63) is 53.9 Å². The van der Waals surface area contributed by atoms with E-state index in [0.29, 0.717) is 19.6 Å². The van der Waals surface area contributed by atoms with E-state index in [1.165, 1.54) is 11.3 Å². The molecule has 1 saturated heterocycles. The summed E-state index contributed by atoms with van der Waals surface area (Å²) in [5.74, 6) is 0.255. The predicted octanol–water partition coefficient (Wildman–Crippen LogP) is 2.08. The predicted molar refractivity (Wildman–Crippen MR) is 98.5 cm³/mol. The molecule has 0 radical (unpaired) electrons. The molecule has 1 fully saturated rings. The number of nitrogens with zero attached hydrogens (tertiary/aromatic N) is 4. The number of amides is 1. The molecule has 0 bridgehead atoms. The van der Waals surface area contributed by atoms with Gasteiger partial charge in [0.2, 0.25) is 5.91 Å². The lowest BCUT2D eigenvalue weighted by atomic mass is 10.1. The normalized spacial score (nSPS) is 19.8. The third-order valence-corrected chi connectivity index (χ3v) is 5.24. The average Bonchev–Trinajstić information content (AvgIpc) is 3.07. The zero-order valence-electron chi connectivity index (χ0n) is 15.1. The summed E-state index contributed by atoms with van der Waals surface area (Å²) in [6, 6.07) is 12.4. The van der Waals surface area contributed by atoms with Crippen LogP contribution >= 0.6 is 0 Å². The second-order valence-electron chi connectivity index (χ2n) is 7.13. The summed E-state index contributed by atoms with van der Waals surface area (Å²) in [7, 11) is 0. The third-order valence-electron chi connectivity index (χ3n) is 5.24. The van der Waals surface area contributed by atoms with E-state index in [0.717, 1.165) is 39.1 Å². The first-order valence-corrected chi connectivity index (χ1v) is 9.44. The largest absolute Gasteiger partial charge is 0.375 e. The highest BCUT2D eigenvalue weighted by atomic mass is 16.5. The fourth-order valence-electron chi connectivity index (χ4n) is 3.64. The molecule has 0 spiro atoms. The van der Waals surface area contributed by atoms with Crippen molar-refractivity contribution in [3.8, 4) is 0 Å². The Morgan fingerprint density at radius 2 is 2.04 bits per heavy atom. The van der Waals surface area contributed by atoms with Gasteiger partial charge >= 0.3 is 0 Å². The van der Waals surface area contributed by atoms with Gasteiger partial charge in [0.1, 0.15) is 0 Å². The van der Waals surface area contributed by atoms with Gasteiger partial charge in [-0.25, -0.2) is 0 Å². The number of aromatic nitrogens is 2. The summed E-state index contributed by atoms with van der Waals surface area (Å²) in [4.78, 5) is 16.7. The lowest BCUT2D eigenvalue weighted by Crippen LogP contribution is -2.45. The topological polar surface area (TPSA) is 50.6 Å². The van der Waals surface area contributed by atoms with E-state index in [1.807, 2.05) is 34.0 Å². The second kappa shape index (κ2) is 8.01. The molecule has 1 atom stereocenters. The van der Waals surface area contributed by atoms with Crippen LogP contribution in [0.15, 0.2) is 42.6 Å². The number of carbonyl (C=O) groups excluding carboxylic acids is 1. The van der Waals surface area contributed by atoms with Crippen molar-refractivity contribution in [3.63, 3.8) is 0 Å². The smallest absolute Gasteiger partial charge is 0.224 e. The highest BCUT2D eigenvalue weighted by Gasteiger charge is 2.30. The van der Waals surface area contributed by atoms with Crippen molar-refractivity contribution in [2.75, 3.05) is 32.8 Å². The Balaban J connectivity index is 1.29. The van der Waals surface area contributed by atoms with E-state index >= 15 is 0 Å². The molecule has 26 heavy (non-hydrogen) atoms. The van der Waals surface area contributed by atoms with Gasteiger partial charge in [-0.1, -0.05) is 30.3 Å². The Kier molecular flexibility index (Phi) is 5.32. The fourth-order valence-corrected chi connectivity index (χ4v) is 3.64. The molecular formula is C20H26N4O2. The fraction of sp³-hybridized carbons (Fsp3) is 0.500. The van der Waals surface area contributed by atoms with Gasteiger partial charge in [0.25, 0.3) is 0 Å². The van der Waals surface area contributed by atoms with E-state index in [1.54, 1.807) is 0 Å². The molecule has 0 aliphatic carbocycles. The molecule has 138 valence electrons. The molecule has 1 aromatic heterocycles. The van der Waals surface area contributed by atoms with Crippen LogP contribution in [0.5, 0.6) is 0 Å². The number of hydrogen-bond acceptors (Lipinski definition) is 4. The van der Waals surface area contributed by atoms with Crippen LogP contribution in [-0.4, -0.2) is 58.3 Å². The molecule has 0 unspecified atom stereocenters. The minimum atomic E-state index is 0.121. The lowest BCUT2D eigenvalue weighted by Gasteiger charge is -2.36. The molecule has 2 aliphatic heterocycles. The molecule has 2 aliphatic rings. The minimum Gasteiger partial charge on any atom is -0.375 e. The van der Waals surface area contributed by atoms with Crippen molar-refractivity contribution in [2.45, 2.75) is 32.0 Å². The summed E-state index contributed by atoms with van der Waals surface area (Å²) in [6.07, 6.45) is 3.51. The van der Waals surface area contributed by atoms with Crippen LogP contribution in [0.25, 0.3) is 0 Å². The van der Waals surface area contributed by atoms with E-state index in [2.05, 4.69) is 28.2 Å². The maximum atomic E-state index is 12.4. The summed E-state index contributed by atoms with van der Waals surface area (Å²) < 4.78 is 7.87. The van der Waals surface area contributed by atoms with Gasteiger partial charge in [-0.3, -0.25) is 14.4 Å². The highest BCUT2D eigenvalue weighted by Crippen LogP contribution is 2.24. The molecular weight excluding hydrogens is 328 g/mol. The van der Waals surface area contributed by atoms with E-state index in [-0.39, 0.29) is 11.9 Å². The summed E-state index contributed by atoms with van der Waals surface area (Å²) >= 11 is 0. The first-order valence-electron chi connectivity index (χ1n) is 9.44. The maximum Gasteiger partial charge on any atom is 0.224 e. The average molecular weight is 354 g/mol. The molecule has 1 amide bonds. The number of carbonyl (C=O) groups is 1. The van der Waals surface area contributed by atoms with Gasteiger partial charge in [0, 0.05) is 38.9 Å². The highest BCUT2D eigenvalue weighted by molar-refractivity contribution is 5.77. The molecule has 6 nitrogen and oxygen atoms in total. The van der Waals surface area contributed by atoms with E-state index in [9.17, 15) is 4.79 Å². The number of rotatable bonds is 7. The van der Waals surface area contributed by atoms with Crippen LogP contribution in [-0.2, 0) is 22.7 Å². The van der Waals surface area contributed by atoms with Crippen molar-refractivity contribution in [2.24, 2.45) is 0 Å². The molecule has 2 aromatic rings. The minimum absolute atomic E-state index is 0.121. The monoisotopic (exact) mass is 354 g/mol. The van der Waals surface area contributed by atoms with Crippen molar-refractivity contribution in [1.29, 1.82) is 0 Å². The molecule has 3 heterocycles. The first kappa shape index (κ1) is 17.2. The van der Waals surface area contributed by atoms with Crippen LogP contribution < -0.4 is 0 Å². The number of ether oxygens (including phenoxy) is 1. The third kappa shape index (κ3) is 3.97. The van der Waals surface area contributed by atoms with Gasteiger partial charge in [-0.05, 0) is 18.1 Å². The number of hydrogen-bond donors (Lipinski definition) is 0. The van der Waals surface area contributed by atoms with Gasteiger partial charge in [-0.2, -0.15) is 5.10 Å². The Hall–Kier alpha value is -2.18. The summed E-state index contributed by atoms with van der Waals surface area (Å²) in [5, 5.41) is 4.45. The summed E-state index contributed by atoms with van der Waals surface area (Å²) in [5.41, 5.74) is 2.38. The maximum absolute atomic E-state index is 12.4. The number of benzene rings is 1. The zero-order chi connectivity index (χ0) is 17.8. The van der Waals surface area contributed by atoms with Crippen LogP contribution in [0.3, 0.4) is 0 Å². The second-order valence-corrected chi connectivity index (χ2v) is 7.13. The van der Waals surface area contributed by atoms with Gasteiger partial charge in [0.15, 0.2) is 0 Å². The first-order chi connectivity index (χ1) is 12.8. The van der Waals surface area contributed by atoms with Crippen molar-refractivity contribution < 1.29 is 9.53 Å². The SMILES string of the molecule is O=C(C[C@H]1CN(CCOCc2ccccc2)Cc2ccnn21)N1CCC1. The van der Waals surface area contributed by atoms with Crippen LogP contribution in [0.2, 0.25) is 0 Å². The van der Waals surface area contributed by atoms with Crippen LogP contribution in [0.1, 0.15) is 30.1 Å². The lowest BCUT2D eigenvalue weighted by molar-refractivity contribution is -0.135. The summed E-state index contributed by atoms with van der Waals surface area (Å²) in [6.45, 7) is 5.74. The van der Waals surface area contributed by atoms with Gasteiger partial charge < -0.3 is 9.64 Å². The van der Waals surface area contributed by atoms with Crippen LogP contribution in [0.4, 0.5) is 0 Å². The Labute approximate surface area is 154 Å². The van der Waals surface area contributed by atoms with Crippen molar-refractivity contribution >= 4 is 5.91 Å². The van der Waals surface area contributed by atoms with E-state index in [4.69, 9.17) is 4.74 Å². The van der Waals surface area contributed by atoms with Crippen LogP contribution in [0, 0.1) is 0 Å². The molecule has 0 saturated carbocycles. The standard InChI is InChI=1S/C20H26N4O2/c25-20(23-9-4-10-23)13-19-15-22(14-18-7-8-21-24(18)19)11-12-26-16-17-5-2-1-3-6-17/h1-3,5-8,19H,4,9-16H2/t19-/m0/s1. The number of likely N-dealkylation sites (tertiary alicyclic amines) is 1. The quantitative estimate of drug-likeness (QED) is 0.715. The van der Waals surface area contributed by atoms with Gasteiger partial charge in [0.05, 0.1) is 31.4 Å². The van der Waals surface area contributed by atoms with Gasteiger partial charge in [-0.15, -0.1) is 0 Å². The molecule has 1 aromatic carbocycles. The molecule has 4 rings (SSSR count). The molecule has 6 heteroatoms. The Bertz CT molecular complexity index is 726. The van der Waals surface area contributed by atoms with E-state index < -0.39 is 0 Å². The molecule has 0 N–H and O–H groups in total.